The van der Waals surface area contributed by atoms with E-state index in [-0.39, 0.29) is 18.5 Å². The van der Waals surface area contributed by atoms with Crippen molar-refractivity contribution in [1.82, 2.24) is 0 Å². The third-order valence-electron chi connectivity index (χ3n) is 3.78. The summed E-state index contributed by atoms with van der Waals surface area (Å²) >= 11 is 0. The van der Waals surface area contributed by atoms with E-state index in [1.54, 1.807) is 35.2 Å². The third-order valence-corrected chi connectivity index (χ3v) is 3.78. The Bertz CT molecular complexity index is 716. The summed E-state index contributed by atoms with van der Waals surface area (Å²) in [6, 6.07) is 12.3. The van der Waals surface area contributed by atoms with Gasteiger partial charge in [0, 0.05) is 24.3 Å². The van der Waals surface area contributed by atoms with Gasteiger partial charge in [-0.3, -0.25) is 4.79 Å². The molecule has 2 aromatic rings. The van der Waals surface area contributed by atoms with Gasteiger partial charge in [0.05, 0.1) is 12.1 Å². The van der Waals surface area contributed by atoms with E-state index in [1.165, 1.54) is 18.2 Å². The van der Waals surface area contributed by atoms with Crippen molar-refractivity contribution in [1.29, 1.82) is 0 Å². The molecule has 0 unspecified atom stereocenters. The molecular formula is C17H15F3N2O. The lowest BCUT2D eigenvalue weighted by atomic mass is 10.2. The summed E-state index contributed by atoms with van der Waals surface area (Å²) < 4.78 is 40.0. The SMILES string of the molecule is O=C(Nc1ccc(N2CCC(F)(F)C2)cc1)c1ccccc1F. The molecule has 0 aliphatic carbocycles. The number of benzene rings is 2. The molecule has 1 N–H and O–H groups in total. The summed E-state index contributed by atoms with van der Waals surface area (Å²) in [6.45, 7) is 0.00185. The summed E-state index contributed by atoms with van der Waals surface area (Å²) in [7, 11) is 0. The van der Waals surface area contributed by atoms with Gasteiger partial charge in [-0.15, -0.1) is 0 Å². The minimum Gasteiger partial charge on any atom is -0.365 e. The number of carbonyl (C=O) groups is 1. The Morgan fingerprint density at radius 3 is 2.39 bits per heavy atom. The van der Waals surface area contributed by atoms with Crippen LogP contribution in [0.3, 0.4) is 0 Å². The van der Waals surface area contributed by atoms with E-state index in [0.717, 1.165) is 0 Å². The van der Waals surface area contributed by atoms with Gasteiger partial charge in [-0.1, -0.05) is 12.1 Å². The highest BCUT2D eigenvalue weighted by Crippen LogP contribution is 2.31. The Labute approximate surface area is 131 Å². The summed E-state index contributed by atoms with van der Waals surface area (Å²) in [6.07, 6.45) is -0.154. The molecule has 0 saturated carbocycles. The third kappa shape index (κ3) is 3.47. The van der Waals surface area contributed by atoms with Crippen molar-refractivity contribution in [2.75, 3.05) is 23.3 Å². The number of halogens is 3. The van der Waals surface area contributed by atoms with E-state index in [2.05, 4.69) is 5.32 Å². The topological polar surface area (TPSA) is 32.3 Å². The first-order valence-electron chi connectivity index (χ1n) is 7.23. The van der Waals surface area contributed by atoms with E-state index >= 15 is 0 Å². The molecular weight excluding hydrogens is 305 g/mol. The highest BCUT2D eigenvalue weighted by Gasteiger charge is 2.38. The molecule has 1 amide bonds. The van der Waals surface area contributed by atoms with E-state index in [0.29, 0.717) is 17.9 Å². The minimum absolute atomic E-state index is 0.0456. The normalized spacial score (nSPS) is 16.4. The minimum atomic E-state index is -2.66. The van der Waals surface area contributed by atoms with Gasteiger partial charge in [0.15, 0.2) is 0 Å². The van der Waals surface area contributed by atoms with E-state index in [9.17, 15) is 18.0 Å². The lowest BCUT2D eigenvalue weighted by Gasteiger charge is -2.18. The molecule has 1 heterocycles. The molecule has 0 spiro atoms. The van der Waals surface area contributed by atoms with Crippen LogP contribution in [-0.4, -0.2) is 24.9 Å². The van der Waals surface area contributed by atoms with Crippen LogP contribution in [0.4, 0.5) is 24.5 Å². The summed E-state index contributed by atoms with van der Waals surface area (Å²) in [5.74, 6) is -3.80. The van der Waals surface area contributed by atoms with Crippen LogP contribution in [0, 0.1) is 5.82 Å². The number of nitrogens with zero attached hydrogens (tertiary/aromatic N) is 1. The summed E-state index contributed by atoms with van der Waals surface area (Å²) in [5.41, 5.74) is 1.11. The molecule has 1 fully saturated rings. The quantitative estimate of drug-likeness (QED) is 0.929. The van der Waals surface area contributed by atoms with Crippen molar-refractivity contribution in [3.63, 3.8) is 0 Å². The largest absolute Gasteiger partial charge is 0.365 e. The van der Waals surface area contributed by atoms with Gasteiger partial charge in [-0.25, -0.2) is 13.2 Å². The van der Waals surface area contributed by atoms with E-state index < -0.39 is 17.6 Å². The fourth-order valence-corrected chi connectivity index (χ4v) is 2.56. The molecule has 3 nitrogen and oxygen atoms in total. The van der Waals surface area contributed by atoms with Crippen LogP contribution < -0.4 is 10.2 Å². The molecule has 120 valence electrons. The molecule has 1 aliphatic rings. The van der Waals surface area contributed by atoms with Crippen LogP contribution in [0.1, 0.15) is 16.8 Å². The van der Waals surface area contributed by atoms with Crippen LogP contribution in [0.15, 0.2) is 48.5 Å². The first-order valence-corrected chi connectivity index (χ1v) is 7.23. The maximum Gasteiger partial charge on any atom is 0.266 e. The van der Waals surface area contributed by atoms with E-state index in [4.69, 9.17) is 0 Å². The second-order valence-electron chi connectivity index (χ2n) is 5.51. The predicted molar refractivity (Wildman–Crippen MR) is 82.6 cm³/mol. The van der Waals surface area contributed by atoms with Crippen molar-refractivity contribution >= 4 is 17.3 Å². The summed E-state index contributed by atoms with van der Waals surface area (Å²) in [5, 5.41) is 2.59. The van der Waals surface area contributed by atoms with Crippen LogP contribution in [0.25, 0.3) is 0 Å². The van der Waals surface area contributed by atoms with Crippen molar-refractivity contribution in [2.45, 2.75) is 12.3 Å². The molecule has 1 aliphatic heterocycles. The Morgan fingerprint density at radius 2 is 1.78 bits per heavy atom. The monoisotopic (exact) mass is 320 g/mol. The lowest BCUT2D eigenvalue weighted by molar-refractivity contribution is 0.0257. The first-order chi connectivity index (χ1) is 10.9. The van der Waals surface area contributed by atoms with Gasteiger partial charge >= 0.3 is 0 Å². The van der Waals surface area contributed by atoms with Crippen LogP contribution in [-0.2, 0) is 0 Å². The van der Waals surface area contributed by atoms with Crippen molar-refractivity contribution in [3.05, 3.63) is 59.9 Å². The molecule has 0 radical (unpaired) electrons. The molecule has 0 bridgehead atoms. The van der Waals surface area contributed by atoms with Crippen LogP contribution in [0.2, 0.25) is 0 Å². The molecule has 0 aromatic heterocycles. The molecule has 1 saturated heterocycles. The van der Waals surface area contributed by atoms with Gasteiger partial charge in [0.2, 0.25) is 0 Å². The van der Waals surface area contributed by atoms with Gasteiger partial charge in [-0.05, 0) is 36.4 Å². The number of amides is 1. The second kappa shape index (κ2) is 5.95. The Kier molecular flexibility index (Phi) is 3.98. The molecule has 0 atom stereocenters. The number of alkyl halides is 2. The maximum absolute atomic E-state index is 13.5. The zero-order valence-electron chi connectivity index (χ0n) is 12.2. The second-order valence-corrected chi connectivity index (χ2v) is 5.51. The van der Waals surface area contributed by atoms with E-state index in [1.807, 2.05) is 0 Å². The summed E-state index contributed by atoms with van der Waals surface area (Å²) in [4.78, 5) is 13.6. The van der Waals surface area contributed by atoms with Gasteiger partial charge < -0.3 is 10.2 Å². The highest BCUT2D eigenvalue weighted by atomic mass is 19.3. The average Bonchev–Trinajstić information content (AvgIpc) is 2.88. The first kappa shape index (κ1) is 15.4. The highest BCUT2D eigenvalue weighted by molar-refractivity contribution is 6.04. The molecule has 3 rings (SSSR count). The zero-order chi connectivity index (χ0) is 16.4. The Morgan fingerprint density at radius 1 is 1.09 bits per heavy atom. The molecule has 6 heteroatoms. The van der Waals surface area contributed by atoms with Crippen molar-refractivity contribution in [3.8, 4) is 0 Å². The van der Waals surface area contributed by atoms with Gasteiger partial charge in [0.25, 0.3) is 11.8 Å². The van der Waals surface area contributed by atoms with Crippen molar-refractivity contribution in [2.24, 2.45) is 0 Å². The van der Waals surface area contributed by atoms with Crippen LogP contribution in [0.5, 0.6) is 0 Å². The zero-order valence-corrected chi connectivity index (χ0v) is 12.2. The fraction of sp³-hybridized carbons (Fsp3) is 0.235. The number of carbonyl (C=O) groups excluding carboxylic acids is 1. The molecule has 23 heavy (non-hydrogen) atoms. The van der Waals surface area contributed by atoms with Gasteiger partial charge in [0.1, 0.15) is 5.82 Å². The predicted octanol–water partition coefficient (Wildman–Crippen LogP) is 3.92. The number of nitrogens with one attached hydrogen (secondary N) is 1. The number of rotatable bonds is 3. The standard InChI is InChI=1S/C17H15F3N2O/c18-15-4-2-1-3-14(15)16(23)21-12-5-7-13(8-6-12)22-10-9-17(19,20)11-22/h1-8H,9-11H2,(H,21,23). The Hall–Kier alpha value is -2.50. The van der Waals surface area contributed by atoms with Crippen LogP contribution >= 0.6 is 0 Å². The Balaban J connectivity index is 1.69. The maximum atomic E-state index is 13.5. The average molecular weight is 320 g/mol. The van der Waals surface area contributed by atoms with Gasteiger partial charge in [-0.2, -0.15) is 0 Å². The molecule has 2 aromatic carbocycles. The number of hydrogen-bond donors (Lipinski definition) is 1. The smallest absolute Gasteiger partial charge is 0.266 e. The van der Waals surface area contributed by atoms with Crippen molar-refractivity contribution < 1.29 is 18.0 Å². The number of hydrogen-bond acceptors (Lipinski definition) is 2. The number of anilines is 2. The fourth-order valence-electron chi connectivity index (χ4n) is 2.56. The lowest BCUT2D eigenvalue weighted by Crippen LogP contribution is -2.24.